The Balaban J connectivity index is 1.06. The van der Waals surface area contributed by atoms with E-state index < -0.39 is 22.9 Å². The lowest BCUT2D eigenvalue weighted by atomic mass is 9.68. The number of guanidine groups is 1. The van der Waals surface area contributed by atoms with Gasteiger partial charge in [0.25, 0.3) is 11.5 Å². The summed E-state index contributed by atoms with van der Waals surface area (Å²) in [5, 5.41) is 13.8. The smallest absolute Gasteiger partial charge is 0.274 e. The fourth-order valence-corrected chi connectivity index (χ4v) is 8.12. The van der Waals surface area contributed by atoms with Crippen molar-refractivity contribution in [2.24, 2.45) is 21.6 Å². The van der Waals surface area contributed by atoms with Crippen LogP contribution in [0.5, 0.6) is 5.88 Å². The third kappa shape index (κ3) is 4.44. The van der Waals surface area contributed by atoms with E-state index in [1.54, 1.807) is 36.4 Å². The zero-order chi connectivity index (χ0) is 29.1. The number of nitrogens with two attached hydrogens (primary N) is 1. The van der Waals surface area contributed by atoms with Crippen molar-refractivity contribution >= 4 is 46.6 Å². The fourth-order valence-electron chi connectivity index (χ4n) is 7.01. The van der Waals surface area contributed by atoms with Crippen LogP contribution in [-0.2, 0) is 0 Å². The molecule has 0 radical (unpaired) electrons. The number of carbonyl (C=O) groups is 1. The molecule has 3 aromatic rings. The molecule has 13 heteroatoms. The first kappa shape index (κ1) is 27.0. The molecule has 42 heavy (non-hydrogen) atoms. The lowest BCUT2D eigenvalue weighted by molar-refractivity contribution is 0.0829. The van der Waals surface area contributed by atoms with Gasteiger partial charge in [0.2, 0.25) is 11.8 Å². The SMILES string of the molecule is NC1=C(Sc2cccc(NC(=O)c3c(O)nc4ccccn4c3=O)c2Cl)NNC(N2CCC3(CCCC34CC4)CC2)=N1. The van der Waals surface area contributed by atoms with Gasteiger partial charge in [0.1, 0.15) is 10.7 Å². The third-order valence-corrected chi connectivity index (χ3v) is 11.0. The number of anilines is 1. The predicted octanol–water partition coefficient (Wildman–Crippen LogP) is 3.99. The number of hydrogen-bond acceptors (Lipinski definition) is 10. The minimum atomic E-state index is -0.828. The molecule has 1 saturated heterocycles. The molecule has 4 heterocycles. The summed E-state index contributed by atoms with van der Waals surface area (Å²) in [7, 11) is 0. The van der Waals surface area contributed by atoms with E-state index in [1.807, 2.05) is 0 Å². The van der Waals surface area contributed by atoms with Gasteiger partial charge in [0, 0.05) is 24.2 Å². The van der Waals surface area contributed by atoms with Gasteiger partial charge in [-0.15, -0.1) is 0 Å². The maximum absolute atomic E-state index is 13.0. The van der Waals surface area contributed by atoms with E-state index in [1.165, 1.54) is 67.3 Å². The normalized spacial score (nSPS) is 20.4. The molecule has 2 aliphatic carbocycles. The number of piperidine rings is 1. The minimum Gasteiger partial charge on any atom is -0.493 e. The highest BCUT2D eigenvalue weighted by atomic mass is 35.5. The molecule has 0 unspecified atom stereocenters. The highest BCUT2D eigenvalue weighted by molar-refractivity contribution is 8.03. The molecule has 4 aliphatic rings. The first-order valence-corrected chi connectivity index (χ1v) is 15.3. The second-order valence-electron chi connectivity index (χ2n) is 11.5. The number of nitrogens with one attached hydrogen (secondary N) is 3. The third-order valence-electron chi connectivity index (χ3n) is 9.42. The first-order valence-electron chi connectivity index (χ1n) is 14.1. The molecule has 0 bridgehead atoms. The van der Waals surface area contributed by atoms with Gasteiger partial charge in [0.05, 0.1) is 10.7 Å². The van der Waals surface area contributed by atoms with Crippen molar-refractivity contribution < 1.29 is 9.90 Å². The zero-order valence-corrected chi connectivity index (χ0v) is 24.4. The minimum absolute atomic E-state index is 0.225. The maximum atomic E-state index is 13.0. The number of aliphatic imine (C=N–C) groups is 1. The van der Waals surface area contributed by atoms with Gasteiger partial charge < -0.3 is 21.1 Å². The van der Waals surface area contributed by atoms with Gasteiger partial charge in [-0.25, -0.2) is 0 Å². The number of thioether (sulfide) groups is 1. The number of pyridine rings is 1. The Bertz CT molecular complexity index is 1730. The summed E-state index contributed by atoms with van der Waals surface area (Å²) in [5.74, 6) is -0.434. The van der Waals surface area contributed by atoms with Crippen LogP contribution in [0.4, 0.5) is 5.69 Å². The molecule has 6 N–H and O–H groups in total. The summed E-state index contributed by atoms with van der Waals surface area (Å²) in [6.07, 6.45) is 10.8. The van der Waals surface area contributed by atoms with E-state index in [0.717, 1.165) is 19.0 Å². The van der Waals surface area contributed by atoms with Crippen LogP contribution in [0.3, 0.4) is 0 Å². The molecule has 2 saturated carbocycles. The second-order valence-corrected chi connectivity index (χ2v) is 12.9. The van der Waals surface area contributed by atoms with Crippen LogP contribution in [0.1, 0.15) is 55.3 Å². The lowest BCUT2D eigenvalue weighted by Gasteiger charge is -2.45. The van der Waals surface area contributed by atoms with Gasteiger partial charge in [-0.05, 0) is 73.6 Å². The Morgan fingerprint density at radius 1 is 1.05 bits per heavy atom. The highest BCUT2D eigenvalue weighted by Crippen LogP contribution is 2.71. The van der Waals surface area contributed by atoms with Crippen molar-refractivity contribution in [2.45, 2.75) is 49.8 Å². The largest absolute Gasteiger partial charge is 0.493 e. The molecule has 218 valence electrons. The number of hydrazine groups is 1. The summed E-state index contributed by atoms with van der Waals surface area (Å²) < 4.78 is 1.19. The van der Waals surface area contributed by atoms with Crippen LogP contribution >= 0.6 is 23.4 Å². The van der Waals surface area contributed by atoms with Crippen molar-refractivity contribution in [3.05, 3.63) is 74.4 Å². The Hall–Kier alpha value is -3.90. The standard InChI is InChI=1S/C29H31ClN8O3S/c30-21-17(32-23(39)20-24(40)33-19-7-1-2-14-38(19)26(20)41)5-3-6-18(21)42-25-22(31)34-27(36-35-25)37-15-12-29(13-16-37)9-4-8-28(29)10-11-28/h1-3,5-7,14,35,40H,4,8-13,15-16,31H2,(H,32,39)(H,34,36). The Morgan fingerprint density at radius 2 is 1.81 bits per heavy atom. The number of likely N-dealkylation sites (tertiary alicyclic amines) is 1. The number of halogens is 1. The van der Waals surface area contributed by atoms with Crippen molar-refractivity contribution in [3.63, 3.8) is 0 Å². The van der Waals surface area contributed by atoms with Crippen molar-refractivity contribution in [1.82, 2.24) is 25.1 Å². The number of nitrogens with zero attached hydrogens (tertiary/aromatic N) is 4. The first-order chi connectivity index (χ1) is 20.3. The van der Waals surface area contributed by atoms with E-state index in [-0.39, 0.29) is 16.4 Å². The molecule has 7 rings (SSSR count). The Kier molecular flexibility index (Phi) is 6.50. The van der Waals surface area contributed by atoms with Crippen LogP contribution in [0.15, 0.2) is 68.1 Å². The molecule has 0 atom stereocenters. The van der Waals surface area contributed by atoms with E-state index >= 15 is 0 Å². The van der Waals surface area contributed by atoms with Crippen molar-refractivity contribution in [3.8, 4) is 5.88 Å². The van der Waals surface area contributed by atoms with E-state index in [2.05, 4.69) is 31.0 Å². The molecular weight excluding hydrogens is 576 g/mol. The summed E-state index contributed by atoms with van der Waals surface area (Å²) in [6, 6.07) is 9.98. The predicted molar refractivity (Wildman–Crippen MR) is 162 cm³/mol. The van der Waals surface area contributed by atoms with Gasteiger partial charge in [-0.3, -0.25) is 24.8 Å². The van der Waals surface area contributed by atoms with Gasteiger partial charge in [0.15, 0.2) is 11.4 Å². The van der Waals surface area contributed by atoms with Crippen molar-refractivity contribution in [2.75, 3.05) is 18.4 Å². The molecule has 1 aromatic carbocycles. The second kappa shape index (κ2) is 10.1. The molecule has 2 spiro atoms. The lowest BCUT2D eigenvalue weighted by Crippen LogP contribution is -2.54. The fraction of sp³-hybridized carbons (Fsp3) is 0.379. The monoisotopic (exact) mass is 606 g/mol. The number of amides is 1. The quantitative estimate of drug-likeness (QED) is 0.297. The topological polar surface area (TPSA) is 149 Å². The van der Waals surface area contributed by atoms with Crippen LogP contribution in [-0.4, -0.2) is 44.3 Å². The molecule has 3 fully saturated rings. The average Bonchev–Trinajstić information content (AvgIpc) is 3.70. The summed E-state index contributed by atoms with van der Waals surface area (Å²) in [5.41, 5.74) is 13.2. The Labute approximate surface area is 251 Å². The van der Waals surface area contributed by atoms with Gasteiger partial charge >= 0.3 is 0 Å². The number of benzene rings is 1. The van der Waals surface area contributed by atoms with Crippen LogP contribution in [0, 0.1) is 10.8 Å². The van der Waals surface area contributed by atoms with Crippen LogP contribution < -0.4 is 27.5 Å². The summed E-state index contributed by atoms with van der Waals surface area (Å²) in [6.45, 7) is 1.93. The molecule has 2 aliphatic heterocycles. The number of carbonyl (C=O) groups excluding carboxylic acids is 1. The van der Waals surface area contributed by atoms with Crippen LogP contribution in [0.2, 0.25) is 5.02 Å². The van der Waals surface area contributed by atoms with E-state index in [0.29, 0.717) is 26.6 Å². The van der Waals surface area contributed by atoms with E-state index in [4.69, 9.17) is 17.3 Å². The molecule has 11 nitrogen and oxygen atoms in total. The number of aromatic nitrogens is 2. The van der Waals surface area contributed by atoms with Gasteiger partial charge in [-0.2, -0.15) is 9.98 Å². The van der Waals surface area contributed by atoms with Gasteiger partial charge in [-0.1, -0.05) is 41.9 Å². The summed E-state index contributed by atoms with van der Waals surface area (Å²) in [4.78, 5) is 37.4. The number of fused-ring (bicyclic) bond motifs is 2. The number of aromatic hydroxyl groups is 1. The maximum Gasteiger partial charge on any atom is 0.274 e. The molecule has 2 aromatic heterocycles. The summed E-state index contributed by atoms with van der Waals surface area (Å²) >= 11 is 7.93. The number of hydrogen-bond donors (Lipinski definition) is 5. The molecular formula is C29H31ClN8O3S. The molecule has 1 amide bonds. The van der Waals surface area contributed by atoms with Crippen LogP contribution in [0.25, 0.3) is 5.65 Å². The number of rotatable bonds is 4. The van der Waals surface area contributed by atoms with E-state index in [9.17, 15) is 14.7 Å². The highest BCUT2D eigenvalue weighted by Gasteiger charge is 2.61. The zero-order valence-electron chi connectivity index (χ0n) is 22.8. The Morgan fingerprint density at radius 3 is 2.55 bits per heavy atom. The average molecular weight is 607 g/mol. The van der Waals surface area contributed by atoms with Crippen molar-refractivity contribution in [1.29, 1.82) is 0 Å².